The molecule has 0 fully saturated rings. The van der Waals surface area contributed by atoms with E-state index in [0.717, 1.165) is 6.07 Å². The zero-order valence-corrected chi connectivity index (χ0v) is 4.25. The first-order chi connectivity index (χ1) is 4.30. The number of hydrogen-bond donors (Lipinski definition) is 0. The van der Waals surface area contributed by atoms with Gasteiger partial charge >= 0.3 is 0 Å². The first kappa shape index (κ1) is 6.00. The van der Waals surface area contributed by atoms with Crippen molar-refractivity contribution in [3.8, 4) is 0 Å². The minimum Gasteiger partial charge on any atom is -0.203 e. The van der Waals surface area contributed by atoms with Crippen LogP contribution in [0, 0.1) is 6.20 Å². The van der Waals surface area contributed by atoms with Crippen LogP contribution in [0.3, 0.4) is 0 Å². The van der Waals surface area contributed by atoms with E-state index in [1.165, 1.54) is 0 Å². The van der Waals surface area contributed by atoms with Gasteiger partial charge in [-0.1, -0.05) is 0 Å². The van der Waals surface area contributed by atoms with Gasteiger partial charge in [-0.3, -0.25) is 0 Å². The van der Waals surface area contributed by atoms with Crippen molar-refractivity contribution in [1.29, 1.82) is 0 Å². The number of nitrogens with zero attached hydrogens (tertiary/aromatic N) is 3. The maximum Gasteiger partial charge on any atom is 0.282 e. The van der Waals surface area contributed by atoms with Crippen molar-refractivity contribution >= 4 is 0 Å². The maximum absolute atomic E-state index is 11.6. The fraction of sp³-hybridized carbons (Fsp3) is 0.250. The Kier molecular flexibility index (Phi) is 1.62. The van der Waals surface area contributed by atoms with Gasteiger partial charge in [-0.2, -0.15) is 0 Å². The van der Waals surface area contributed by atoms with E-state index in [2.05, 4.69) is 21.6 Å². The summed E-state index contributed by atoms with van der Waals surface area (Å²) in [7, 11) is 0. The average Bonchev–Trinajstić information content (AvgIpc) is 1.90. The van der Waals surface area contributed by atoms with Crippen LogP contribution in [-0.4, -0.2) is 15.4 Å². The Balaban J connectivity index is 2.85. The van der Waals surface area contributed by atoms with Crippen LogP contribution in [0.25, 0.3) is 0 Å². The molecule has 1 heterocycles. The van der Waals surface area contributed by atoms with Crippen LogP contribution >= 0.6 is 0 Å². The molecule has 0 aliphatic heterocycles. The van der Waals surface area contributed by atoms with E-state index in [1.807, 2.05) is 0 Å². The van der Waals surface area contributed by atoms with Gasteiger partial charge in [0.2, 0.25) is 0 Å². The molecule has 9 heavy (non-hydrogen) atoms. The molecule has 3 nitrogen and oxygen atoms in total. The summed E-state index contributed by atoms with van der Waals surface area (Å²) in [6.45, 7) is 0. The highest BCUT2D eigenvalue weighted by Gasteiger charge is 2.06. The van der Waals surface area contributed by atoms with E-state index < -0.39 is 12.1 Å². The summed E-state index contributed by atoms with van der Waals surface area (Å²) in [6.07, 6.45) is -0.448. The lowest BCUT2D eigenvalue weighted by Crippen LogP contribution is -1.93. The van der Waals surface area contributed by atoms with Crippen LogP contribution in [0.1, 0.15) is 12.1 Å². The highest BCUT2D eigenvalue weighted by molar-refractivity contribution is 4.94. The zero-order valence-electron chi connectivity index (χ0n) is 4.25. The van der Waals surface area contributed by atoms with Gasteiger partial charge in [-0.25, -0.2) is 8.78 Å². The van der Waals surface area contributed by atoms with Crippen LogP contribution in [0.4, 0.5) is 8.78 Å². The summed E-state index contributed by atoms with van der Waals surface area (Å²) in [5.41, 5.74) is -0.398. The van der Waals surface area contributed by atoms with Crippen LogP contribution in [-0.2, 0) is 0 Å². The third kappa shape index (κ3) is 1.38. The Morgan fingerprint density at radius 3 is 2.67 bits per heavy atom. The Morgan fingerprint density at radius 1 is 1.56 bits per heavy atom. The number of alkyl halides is 2. The van der Waals surface area contributed by atoms with Gasteiger partial charge in [-0.05, 0) is 11.3 Å². The van der Waals surface area contributed by atoms with Gasteiger partial charge in [0.1, 0.15) is 11.9 Å². The molecule has 0 aliphatic carbocycles. The second-order valence-electron chi connectivity index (χ2n) is 1.29. The molecular formula is C4H2F2N3. The average molecular weight is 130 g/mol. The zero-order chi connectivity index (χ0) is 6.69. The Bertz CT molecular complexity index is 176. The second-order valence-corrected chi connectivity index (χ2v) is 1.29. The predicted octanol–water partition coefficient (Wildman–Crippen LogP) is 0.609. The molecule has 0 aliphatic rings. The molecule has 0 saturated heterocycles. The number of hydrogen-bond acceptors (Lipinski definition) is 3. The SMILES string of the molecule is FC(F)c1c[c]nnn1. The summed E-state index contributed by atoms with van der Waals surface area (Å²) < 4.78 is 23.2. The van der Waals surface area contributed by atoms with Gasteiger partial charge in [0.15, 0.2) is 0 Å². The minimum absolute atomic E-state index is 0.398. The van der Waals surface area contributed by atoms with Gasteiger partial charge < -0.3 is 0 Å². The second kappa shape index (κ2) is 2.43. The highest BCUT2D eigenvalue weighted by Crippen LogP contribution is 2.12. The van der Waals surface area contributed by atoms with E-state index in [-0.39, 0.29) is 0 Å². The molecule has 5 heteroatoms. The van der Waals surface area contributed by atoms with E-state index in [9.17, 15) is 8.78 Å². The first-order valence-electron chi connectivity index (χ1n) is 2.15. The van der Waals surface area contributed by atoms with Crippen molar-refractivity contribution < 1.29 is 8.78 Å². The molecule has 0 spiro atoms. The van der Waals surface area contributed by atoms with Crippen molar-refractivity contribution in [3.63, 3.8) is 0 Å². The molecule has 0 saturated carbocycles. The quantitative estimate of drug-likeness (QED) is 0.559. The molecule has 0 aromatic carbocycles. The minimum atomic E-state index is -2.59. The van der Waals surface area contributed by atoms with E-state index in [4.69, 9.17) is 0 Å². The topological polar surface area (TPSA) is 38.7 Å². The molecule has 0 unspecified atom stereocenters. The molecule has 0 N–H and O–H groups in total. The normalized spacial score (nSPS) is 10.1. The molecule has 0 atom stereocenters. The molecule has 0 bridgehead atoms. The molecular weight excluding hydrogens is 128 g/mol. The van der Waals surface area contributed by atoms with Gasteiger partial charge in [0, 0.05) is 0 Å². The number of aromatic nitrogens is 3. The first-order valence-corrected chi connectivity index (χ1v) is 2.15. The third-order valence-corrected chi connectivity index (χ3v) is 0.699. The van der Waals surface area contributed by atoms with Crippen molar-refractivity contribution in [1.82, 2.24) is 15.4 Å². The van der Waals surface area contributed by atoms with Crippen LogP contribution in [0.2, 0.25) is 0 Å². The highest BCUT2D eigenvalue weighted by atomic mass is 19.3. The van der Waals surface area contributed by atoms with Crippen molar-refractivity contribution in [2.24, 2.45) is 0 Å². The Hall–Kier alpha value is -1.13. The third-order valence-electron chi connectivity index (χ3n) is 0.699. The lowest BCUT2D eigenvalue weighted by Gasteiger charge is -1.90. The fourth-order valence-corrected chi connectivity index (χ4v) is 0.330. The van der Waals surface area contributed by atoms with Gasteiger partial charge in [0.25, 0.3) is 6.43 Å². The Labute approximate surface area is 49.7 Å². The largest absolute Gasteiger partial charge is 0.282 e. The fourth-order valence-electron chi connectivity index (χ4n) is 0.330. The summed E-state index contributed by atoms with van der Waals surface area (Å²) in [4.78, 5) is 0. The molecule has 1 aromatic rings. The maximum atomic E-state index is 11.6. The monoisotopic (exact) mass is 130 g/mol. The molecule has 47 valence electrons. The molecule has 1 radical (unpaired) electrons. The summed E-state index contributed by atoms with van der Waals surface area (Å²) >= 11 is 0. The van der Waals surface area contributed by atoms with Gasteiger partial charge in [0.05, 0.1) is 0 Å². The molecule has 0 amide bonds. The van der Waals surface area contributed by atoms with Crippen LogP contribution < -0.4 is 0 Å². The van der Waals surface area contributed by atoms with Crippen LogP contribution in [0.15, 0.2) is 6.07 Å². The number of rotatable bonds is 1. The smallest absolute Gasteiger partial charge is 0.203 e. The van der Waals surface area contributed by atoms with Crippen LogP contribution in [0.5, 0.6) is 0 Å². The summed E-state index contributed by atoms with van der Waals surface area (Å²) in [6, 6.07) is 0.998. The lowest BCUT2D eigenvalue weighted by molar-refractivity contribution is 0.144. The van der Waals surface area contributed by atoms with E-state index in [1.54, 1.807) is 0 Å². The molecule has 1 rings (SSSR count). The lowest BCUT2D eigenvalue weighted by atomic mass is 10.4. The number of halogens is 2. The van der Waals surface area contributed by atoms with Crippen molar-refractivity contribution in [2.75, 3.05) is 0 Å². The Morgan fingerprint density at radius 2 is 2.33 bits per heavy atom. The van der Waals surface area contributed by atoms with E-state index in [0.29, 0.717) is 0 Å². The summed E-state index contributed by atoms with van der Waals surface area (Å²) in [5, 5.41) is 9.11. The van der Waals surface area contributed by atoms with Gasteiger partial charge in [-0.15, -0.1) is 10.2 Å². The van der Waals surface area contributed by atoms with E-state index >= 15 is 0 Å². The summed E-state index contributed by atoms with van der Waals surface area (Å²) in [5.74, 6) is 0. The predicted molar refractivity (Wildman–Crippen MR) is 23.6 cm³/mol. The molecule has 1 aromatic heterocycles. The van der Waals surface area contributed by atoms with Crippen molar-refractivity contribution in [2.45, 2.75) is 6.43 Å². The van der Waals surface area contributed by atoms with Crippen molar-refractivity contribution in [3.05, 3.63) is 18.0 Å². The standard InChI is InChI=1S/C4H2F2N3/c5-4(6)3-1-2-7-9-8-3/h1,4H.